The molecule has 10 atom stereocenters. The highest BCUT2D eigenvalue weighted by atomic mass is 16.7. The molecule has 10 N–H and O–H groups in total. The van der Waals surface area contributed by atoms with Crippen molar-refractivity contribution in [2.24, 2.45) is 0 Å². The predicted octanol–water partition coefficient (Wildman–Crippen LogP) is 1.77. The minimum Gasteiger partial charge on any atom is -0.508 e. The van der Waals surface area contributed by atoms with E-state index in [1.807, 2.05) is 48.5 Å². The van der Waals surface area contributed by atoms with E-state index >= 15 is 0 Å². The van der Waals surface area contributed by atoms with Crippen molar-refractivity contribution in [2.45, 2.75) is 68.3 Å². The molecule has 4 aromatic carbocycles. The summed E-state index contributed by atoms with van der Waals surface area (Å²) in [7, 11) is 0. The Hall–Kier alpha value is -6.06. The third-order valence-corrected chi connectivity index (χ3v) is 9.98. The predicted molar refractivity (Wildman–Crippen MR) is 208 cm³/mol. The van der Waals surface area contributed by atoms with E-state index in [4.69, 9.17) is 27.8 Å². The van der Waals surface area contributed by atoms with Crippen LogP contribution >= 0.6 is 0 Å². The normalized spacial score (nSPS) is 26.6. The van der Waals surface area contributed by atoms with Crippen LogP contribution in [0.25, 0.3) is 44.6 Å². The summed E-state index contributed by atoms with van der Waals surface area (Å²) >= 11 is 0. The number of fused-ring (bicyclic) bond motifs is 2. The summed E-state index contributed by atoms with van der Waals surface area (Å²) in [6, 6.07) is 23.7. The van der Waals surface area contributed by atoms with Gasteiger partial charge in [0.2, 0.25) is 17.5 Å². The molecule has 8 rings (SSSR count). The van der Waals surface area contributed by atoms with Crippen LogP contribution in [0.4, 0.5) is 0 Å². The summed E-state index contributed by atoms with van der Waals surface area (Å²) in [4.78, 5) is 25.5. The van der Waals surface area contributed by atoms with Gasteiger partial charge in [0, 0.05) is 29.3 Å². The van der Waals surface area contributed by atoms with Crippen molar-refractivity contribution in [3.63, 3.8) is 0 Å². The second-order valence-corrected chi connectivity index (χ2v) is 14.1. The maximum absolute atomic E-state index is 13.6. The number of phenols is 4. The number of ether oxygens (including phenoxy) is 4. The largest absolute Gasteiger partial charge is 0.508 e. The molecule has 2 saturated heterocycles. The highest BCUT2D eigenvalue weighted by Crippen LogP contribution is 2.39. The minimum atomic E-state index is -1.97. The van der Waals surface area contributed by atoms with E-state index in [2.05, 4.69) is 0 Å². The molecule has 2 fully saturated rings. The number of aliphatic hydroxyl groups is 6. The summed E-state index contributed by atoms with van der Waals surface area (Å²) in [5.41, 5.74) is 0.179. The smallest absolute Gasteiger partial charge is 0.239 e. The van der Waals surface area contributed by atoms with Gasteiger partial charge in [-0.2, -0.15) is 0 Å². The Morgan fingerprint density at radius 1 is 0.600 bits per heavy atom. The van der Waals surface area contributed by atoms with Crippen LogP contribution < -0.4 is 15.6 Å². The highest BCUT2D eigenvalue weighted by Gasteiger charge is 2.48. The van der Waals surface area contributed by atoms with Crippen molar-refractivity contribution in [1.29, 1.82) is 0 Å². The zero-order valence-electron chi connectivity index (χ0n) is 31.4. The van der Waals surface area contributed by atoms with E-state index in [9.17, 15) is 60.7 Å². The van der Waals surface area contributed by atoms with Gasteiger partial charge in [-0.3, -0.25) is 9.59 Å². The molecule has 18 nitrogen and oxygen atoms in total. The highest BCUT2D eigenvalue weighted by molar-refractivity contribution is 5.88. The minimum absolute atomic E-state index is 0.00861. The van der Waals surface area contributed by atoms with E-state index in [1.165, 1.54) is 19.1 Å². The van der Waals surface area contributed by atoms with Crippen molar-refractivity contribution in [2.75, 3.05) is 6.61 Å². The van der Waals surface area contributed by atoms with Crippen molar-refractivity contribution in [3.05, 3.63) is 111 Å². The van der Waals surface area contributed by atoms with Crippen molar-refractivity contribution < 1.29 is 78.8 Å². The number of phenolic OH excluding ortho intramolecular Hbond substituents is 4. The molecule has 2 aliphatic heterocycles. The lowest BCUT2D eigenvalue weighted by atomic mass is 9.98. The van der Waals surface area contributed by atoms with Crippen molar-refractivity contribution in [1.82, 2.24) is 0 Å². The van der Waals surface area contributed by atoms with Gasteiger partial charge in [-0.15, -0.1) is 0 Å². The Balaban J connectivity index is 0.000000265. The molecule has 0 radical (unpaired) electrons. The molecule has 2 aromatic heterocycles. The van der Waals surface area contributed by atoms with E-state index in [-0.39, 0.29) is 16.6 Å². The van der Waals surface area contributed by atoms with Crippen LogP contribution in [-0.4, -0.2) is 119 Å². The number of aliphatic hydroxyl groups excluding tert-OH is 6. The summed E-state index contributed by atoms with van der Waals surface area (Å²) in [5.74, 6) is -2.73. The molecule has 60 heavy (non-hydrogen) atoms. The van der Waals surface area contributed by atoms with Crippen molar-refractivity contribution in [3.8, 4) is 51.4 Å². The Morgan fingerprint density at radius 3 is 2.02 bits per heavy atom. The fourth-order valence-corrected chi connectivity index (χ4v) is 6.69. The molecule has 6 aromatic rings. The van der Waals surface area contributed by atoms with Crippen LogP contribution in [-0.2, 0) is 14.2 Å². The first-order valence-electron chi connectivity index (χ1n) is 18.4. The first-order valence-corrected chi connectivity index (χ1v) is 18.4. The summed E-state index contributed by atoms with van der Waals surface area (Å²) in [5, 5.41) is 102. The van der Waals surface area contributed by atoms with Crippen LogP contribution in [0.5, 0.6) is 28.7 Å². The number of hydrogen-bond acceptors (Lipinski definition) is 18. The van der Waals surface area contributed by atoms with Gasteiger partial charge in [0.25, 0.3) is 0 Å². The van der Waals surface area contributed by atoms with Gasteiger partial charge in [0.15, 0.2) is 29.0 Å². The third kappa shape index (κ3) is 8.36. The third-order valence-electron chi connectivity index (χ3n) is 9.98. The number of benzene rings is 4. The Kier molecular flexibility index (Phi) is 12.1. The number of aromatic hydroxyl groups is 4. The fraction of sp³-hybridized carbons (Fsp3) is 0.286. The fourth-order valence-electron chi connectivity index (χ4n) is 6.69. The van der Waals surface area contributed by atoms with Gasteiger partial charge < -0.3 is 78.8 Å². The molecule has 2 aliphatic rings. The monoisotopic (exact) mass is 832 g/mol. The summed E-state index contributed by atoms with van der Waals surface area (Å²) in [6.07, 6.45) is -16.2. The van der Waals surface area contributed by atoms with Crippen LogP contribution in [0.3, 0.4) is 0 Å². The number of rotatable bonds is 7. The average Bonchev–Trinajstić information content (AvgIpc) is 3.23. The second-order valence-electron chi connectivity index (χ2n) is 14.1. The molecule has 0 spiro atoms. The van der Waals surface area contributed by atoms with E-state index < -0.39 is 113 Å². The topological polar surface area (TPSA) is 300 Å². The van der Waals surface area contributed by atoms with Crippen molar-refractivity contribution >= 4 is 21.9 Å². The number of para-hydroxylation sites is 1. The summed E-state index contributed by atoms with van der Waals surface area (Å²) in [6.45, 7) is 0.818. The van der Waals surface area contributed by atoms with E-state index in [0.29, 0.717) is 16.7 Å². The Labute approximate surface area is 338 Å². The van der Waals surface area contributed by atoms with Gasteiger partial charge >= 0.3 is 0 Å². The van der Waals surface area contributed by atoms with Gasteiger partial charge in [0.1, 0.15) is 76.5 Å². The lowest BCUT2D eigenvalue weighted by Gasteiger charge is -2.42. The molecule has 0 aliphatic carbocycles. The molecular formula is C42H40O18. The molecule has 0 bridgehead atoms. The molecule has 316 valence electrons. The molecule has 0 amide bonds. The summed E-state index contributed by atoms with van der Waals surface area (Å²) < 4.78 is 33.5. The standard InChI is InChI=1S/C27H30O16.C15H10O2/c1-8-17(32)20(35)22(37)26(40-8)39-7-15-18(33)21(36)23(38)27(42-15)43-25-19(34)16-13(31)5-10(28)6-14(16)41-24(25)9-2-3-11(29)12(30)4-9;16-13-10-15(11-6-2-1-3-7-11)17-14-9-5-4-8-12(13)14/h2-6,8,15,17-18,20-23,26-33,35-38H,7H2,1H3;1-10H/t8-,15+,17-,18+,20+,21-,22+,23+,26+,27-;/m0./s1. The van der Waals surface area contributed by atoms with Crippen LogP contribution in [0.1, 0.15) is 6.92 Å². The molecular weight excluding hydrogens is 792 g/mol. The van der Waals surface area contributed by atoms with Gasteiger partial charge in [-0.25, -0.2) is 0 Å². The number of hydrogen-bond donors (Lipinski definition) is 10. The van der Waals surface area contributed by atoms with E-state index in [1.54, 1.807) is 6.07 Å². The Morgan fingerprint density at radius 2 is 1.28 bits per heavy atom. The van der Waals surface area contributed by atoms with Crippen LogP contribution in [0.15, 0.2) is 109 Å². The van der Waals surface area contributed by atoms with Gasteiger partial charge in [-0.05, 0) is 37.3 Å². The Bertz CT molecular complexity index is 2590. The molecule has 0 saturated carbocycles. The van der Waals surface area contributed by atoms with Crippen LogP contribution in [0, 0.1) is 0 Å². The first kappa shape index (κ1) is 42.1. The SMILES string of the molecule is C[C@@H]1O[C@@H](OC[C@H]2O[C@@H](Oc3c(-c4ccc(O)c(O)c4)oc4cc(O)cc(O)c4c3=O)[C@H](O)[C@@H](O)[C@@H]2O)[C@H](O)[C@H](O)[C@H]1O.O=c1cc(-c2ccccc2)oc2ccccc12. The maximum Gasteiger partial charge on any atom is 0.239 e. The van der Waals surface area contributed by atoms with Gasteiger partial charge in [-0.1, -0.05) is 42.5 Å². The zero-order chi connectivity index (χ0) is 43.0. The quantitative estimate of drug-likeness (QED) is 0.103. The second kappa shape index (κ2) is 17.3. The van der Waals surface area contributed by atoms with E-state index in [0.717, 1.165) is 29.8 Å². The molecule has 18 heteroatoms. The maximum atomic E-state index is 13.6. The zero-order valence-corrected chi connectivity index (χ0v) is 31.4. The lowest BCUT2D eigenvalue weighted by Crippen LogP contribution is -2.61. The first-order chi connectivity index (χ1) is 28.6. The van der Waals surface area contributed by atoms with Crippen LogP contribution in [0.2, 0.25) is 0 Å². The average molecular weight is 833 g/mol. The molecule has 4 heterocycles. The lowest BCUT2D eigenvalue weighted by molar-refractivity contribution is -0.318. The molecule has 0 unspecified atom stereocenters. The van der Waals surface area contributed by atoms with Gasteiger partial charge in [0.05, 0.1) is 18.1 Å².